The minimum Gasteiger partial charge on any atom is -0.444 e. The summed E-state index contributed by atoms with van der Waals surface area (Å²) in [4.78, 5) is 7.61. The predicted octanol–water partition coefficient (Wildman–Crippen LogP) is 6.20. The first-order valence-corrected chi connectivity index (χ1v) is 15.0. The number of halogens is 2. The molecule has 3 aliphatic heterocycles. The number of hydrogen-bond donors (Lipinski definition) is 0. The number of piperidine rings is 1. The molecule has 220 valence electrons. The highest BCUT2D eigenvalue weighted by Crippen LogP contribution is 2.50. The van der Waals surface area contributed by atoms with Crippen LogP contribution < -0.4 is 9.47 Å². The summed E-state index contributed by atoms with van der Waals surface area (Å²) in [7, 11) is 1.96. The van der Waals surface area contributed by atoms with Crippen molar-refractivity contribution in [3.05, 3.63) is 82.1 Å². The van der Waals surface area contributed by atoms with Crippen LogP contribution in [0.3, 0.4) is 0 Å². The third-order valence-corrected chi connectivity index (χ3v) is 9.20. The molecular weight excluding hydrogens is 557 g/mol. The number of aryl methyl sites for hydroxylation is 1. The number of fused-ring (bicyclic) bond motifs is 1. The summed E-state index contributed by atoms with van der Waals surface area (Å²) in [6, 6.07) is 12.6. The topological polar surface area (TPSA) is 66.6 Å². The van der Waals surface area contributed by atoms with Gasteiger partial charge < -0.3 is 18.8 Å². The van der Waals surface area contributed by atoms with Crippen LogP contribution in [0, 0.1) is 12.7 Å². The maximum atomic E-state index is 14.8. The number of hydrogen-bond acceptors (Lipinski definition) is 6. The van der Waals surface area contributed by atoms with Crippen LogP contribution in [-0.2, 0) is 30.7 Å². The van der Waals surface area contributed by atoms with E-state index >= 15 is 0 Å². The summed E-state index contributed by atoms with van der Waals surface area (Å²) in [6.07, 6.45) is 5.10. The lowest BCUT2D eigenvalue weighted by Crippen LogP contribution is -2.35. The molecule has 8 nitrogen and oxygen atoms in total. The van der Waals surface area contributed by atoms with Gasteiger partial charge in [-0.2, -0.15) is 5.10 Å². The molecule has 5 heterocycles. The number of aromatic nitrogens is 4. The van der Waals surface area contributed by atoms with Crippen molar-refractivity contribution in [3.63, 3.8) is 0 Å². The smallest absolute Gasteiger partial charge is 0.278 e. The van der Waals surface area contributed by atoms with E-state index in [1.165, 1.54) is 6.07 Å². The fourth-order valence-electron chi connectivity index (χ4n) is 6.47. The van der Waals surface area contributed by atoms with Gasteiger partial charge in [0.25, 0.3) is 5.79 Å². The third-order valence-electron chi connectivity index (χ3n) is 8.97. The molecule has 42 heavy (non-hydrogen) atoms. The largest absolute Gasteiger partial charge is 0.444 e. The molecule has 0 spiro atoms. The van der Waals surface area contributed by atoms with E-state index in [2.05, 4.69) is 27.6 Å². The Labute approximate surface area is 250 Å². The van der Waals surface area contributed by atoms with Crippen LogP contribution in [0.2, 0.25) is 5.02 Å². The number of imidazole rings is 1. The second-order valence-electron chi connectivity index (χ2n) is 11.7. The maximum absolute atomic E-state index is 14.8. The van der Waals surface area contributed by atoms with E-state index in [0.29, 0.717) is 28.0 Å². The van der Waals surface area contributed by atoms with Gasteiger partial charge in [-0.3, -0.25) is 9.58 Å². The highest BCUT2D eigenvalue weighted by atomic mass is 35.5. The highest BCUT2D eigenvalue weighted by molar-refractivity contribution is 6.30. The van der Waals surface area contributed by atoms with Crippen LogP contribution in [0.4, 0.5) is 4.39 Å². The number of benzene rings is 2. The lowest BCUT2D eigenvalue weighted by molar-refractivity contribution is -0.0712. The summed E-state index contributed by atoms with van der Waals surface area (Å²) in [5.41, 5.74) is 4.59. The van der Waals surface area contributed by atoms with Crippen LogP contribution in [0.15, 0.2) is 48.7 Å². The first kappa shape index (κ1) is 27.4. The van der Waals surface area contributed by atoms with Crippen LogP contribution >= 0.6 is 11.6 Å². The summed E-state index contributed by atoms with van der Waals surface area (Å²) >= 11 is 5.99. The molecule has 0 unspecified atom stereocenters. The zero-order valence-electron chi connectivity index (χ0n) is 24.1. The quantitative estimate of drug-likeness (QED) is 0.255. The summed E-state index contributed by atoms with van der Waals surface area (Å²) in [5.74, 6) is 1.03. The molecule has 0 bridgehead atoms. The summed E-state index contributed by atoms with van der Waals surface area (Å²) < 4.78 is 37.4. The van der Waals surface area contributed by atoms with Gasteiger partial charge in [-0.25, -0.2) is 9.37 Å². The van der Waals surface area contributed by atoms with Gasteiger partial charge in [0.1, 0.15) is 17.3 Å². The van der Waals surface area contributed by atoms with Crippen molar-refractivity contribution in [2.45, 2.75) is 64.0 Å². The van der Waals surface area contributed by atoms with Crippen molar-refractivity contribution in [2.75, 3.05) is 19.7 Å². The van der Waals surface area contributed by atoms with Crippen LogP contribution in [0.25, 0.3) is 11.4 Å². The maximum Gasteiger partial charge on any atom is 0.278 e. The Balaban J connectivity index is 1.07. The lowest BCUT2D eigenvalue weighted by Gasteiger charge is -2.33. The molecule has 3 aliphatic rings. The van der Waals surface area contributed by atoms with Gasteiger partial charge in [0.05, 0.1) is 30.5 Å². The first-order chi connectivity index (χ1) is 20.3. The molecule has 2 aromatic carbocycles. The first-order valence-electron chi connectivity index (χ1n) is 14.6. The predicted molar refractivity (Wildman–Crippen MR) is 157 cm³/mol. The highest BCUT2D eigenvalue weighted by Gasteiger charge is 2.43. The molecule has 0 amide bonds. The lowest BCUT2D eigenvalue weighted by atomic mass is 9.88. The van der Waals surface area contributed by atoms with Gasteiger partial charge >= 0.3 is 0 Å². The van der Waals surface area contributed by atoms with E-state index in [-0.39, 0.29) is 6.10 Å². The van der Waals surface area contributed by atoms with Crippen molar-refractivity contribution in [3.8, 4) is 22.9 Å². The Kier molecular flexibility index (Phi) is 6.99. The zero-order chi connectivity index (χ0) is 29.0. The van der Waals surface area contributed by atoms with Crippen LogP contribution in [0.1, 0.15) is 54.7 Å². The molecule has 0 aliphatic carbocycles. The Morgan fingerprint density at radius 3 is 2.60 bits per heavy atom. The van der Waals surface area contributed by atoms with Gasteiger partial charge in [0.15, 0.2) is 11.5 Å². The molecule has 2 fully saturated rings. The van der Waals surface area contributed by atoms with E-state index in [1.807, 2.05) is 36.1 Å². The normalized spacial score (nSPS) is 22.5. The number of para-hydroxylation sites is 1. The van der Waals surface area contributed by atoms with E-state index in [0.717, 1.165) is 80.5 Å². The van der Waals surface area contributed by atoms with Gasteiger partial charge in [0, 0.05) is 43.1 Å². The number of likely N-dealkylation sites (tertiary alicyclic amines) is 1. The minimum atomic E-state index is -1.25. The monoisotopic (exact) mass is 591 g/mol. The number of rotatable bonds is 7. The number of nitrogens with zero attached hydrogens (tertiary/aromatic N) is 5. The average molecular weight is 592 g/mol. The van der Waals surface area contributed by atoms with Gasteiger partial charge in [-0.15, -0.1) is 0 Å². The molecule has 0 N–H and O–H groups in total. The Morgan fingerprint density at radius 2 is 1.90 bits per heavy atom. The van der Waals surface area contributed by atoms with E-state index < -0.39 is 11.6 Å². The molecule has 2 aromatic heterocycles. The standard InChI is InChI=1S/C32H35ClFN5O3/c1-20-30(27-9-13-35-37(27)3)36-29(39(20)18-23-12-16-40-23)19-38-14-10-21(11-15-38)24-5-4-6-28-31(24)42-32(2,41-28)25-8-7-22(33)17-26(25)34/h4-9,13,17,21,23H,10-12,14-16,18-19H2,1-3H3/t23-,32-/m0/s1. The molecular formula is C32H35ClFN5O3. The zero-order valence-corrected chi connectivity index (χ0v) is 24.9. The van der Waals surface area contributed by atoms with Crippen molar-refractivity contribution in [1.82, 2.24) is 24.2 Å². The molecule has 4 aromatic rings. The third kappa shape index (κ3) is 4.87. The molecule has 10 heteroatoms. The fourth-order valence-corrected chi connectivity index (χ4v) is 6.63. The molecule has 0 radical (unpaired) electrons. The van der Waals surface area contributed by atoms with Crippen molar-refractivity contribution < 1.29 is 18.6 Å². The van der Waals surface area contributed by atoms with E-state index in [1.54, 1.807) is 19.1 Å². The second-order valence-corrected chi connectivity index (χ2v) is 12.1. The fraction of sp³-hybridized carbons (Fsp3) is 0.438. The summed E-state index contributed by atoms with van der Waals surface area (Å²) in [5, 5.41) is 4.70. The van der Waals surface area contributed by atoms with Gasteiger partial charge in [-0.1, -0.05) is 23.7 Å². The number of ether oxygens (including phenoxy) is 3. The summed E-state index contributed by atoms with van der Waals surface area (Å²) in [6.45, 7) is 8.20. The van der Waals surface area contributed by atoms with Gasteiger partial charge in [-0.05, 0) is 75.5 Å². The SMILES string of the molecule is Cc1c(-c2ccnn2C)nc(CN2CCC(c3cccc4c3O[C@@](C)(c3ccc(Cl)cc3F)O4)CC2)n1C[C@@H]1CCO1. The molecule has 2 saturated heterocycles. The Bertz CT molecular complexity index is 1620. The van der Waals surface area contributed by atoms with Gasteiger partial charge in [0.2, 0.25) is 0 Å². The van der Waals surface area contributed by atoms with Crippen molar-refractivity contribution in [2.24, 2.45) is 7.05 Å². The van der Waals surface area contributed by atoms with E-state index in [9.17, 15) is 4.39 Å². The van der Waals surface area contributed by atoms with E-state index in [4.69, 9.17) is 30.8 Å². The Hall–Kier alpha value is -3.40. The Morgan fingerprint density at radius 1 is 1.10 bits per heavy atom. The second kappa shape index (κ2) is 10.7. The molecule has 2 atom stereocenters. The van der Waals surface area contributed by atoms with Crippen molar-refractivity contribution in [1.29, 1.82) is 0 Å². The minimum absolute atomic E-state index is 0.246. The van der Waals surface area contributed by atoms with Crippen LogP contribution in [-0.4, -0.2) is 50.0 Å². The molecule has 0 saturated carbocycles. The molecule has 7 rings (SSSR count). The van der Waals surface area contributed by atoms with Crippen molar-refractivity contribution >= 4 is 11.6 Å². The average Bonchev–Trinajstić information content (AvgIpc) is 3.61. The van der Waals surface area contributed by atoms with Crippen LogP contribution in [0.5, 0.6) is 11.5 Å².